The van der Waals surface area contributed by atoms with Crippen LogP contribution in [0.25, 0.3) is 0 Å². The van der Waals surface area contributed by atoms with Crippen molar-refractivity contribution < 1.29 is 19.1 Å². The van der Waals surface area contributed by atoms with Gasteiger partial charge in [0.2, 0.25) is 11.9 Å². The number of likely N-dealkylation sites (tertiary alicyclic amines) is 1. The monoisotopic (exact) mass is 397 g/mol. The zero-order valence-electron chi connectivity index (χ0n) is 16.2. The Kier molecular flexibility index (Phi) is 5.41. The number of nitrogens with one attached hydrogen (secondary N) is 2. The molecule has 4 rings (SSSR count). The van der Waals surface area contributed by atoms with E-state index in [9.17, 15) is 9.59 Å². The summed E-state index contributed by atoms with van der Waals surface area (Å²) in [5.41, 5.74) is 1.84. The van der Waals surface area contributed by atoms with Gasteiger partial charge in [-0.1, -0.05) is 6.07 Å². The van der Waals surface area contributed by atoms with Crippen LogP contribution in [-0.2, 0) is 14.3 Å². The molecule has 9 nitrogen and oxygen atoms in total. The quantitative estimate of drug-likeness (QED) is 0.814. The molecule has 2 aliphatic heterocycles. The highest BCUT2D eigenvalue weighted by Gasteiger charge is 2.40. The van der Waals surface area contributed by atoms with E-state index in [-0.39, 0.29) is 11.8 Å². The molecule has 2 saturated heterocycles. The van der Waals surface area contributed by atoms with Gasteiger partial charge in [-0.2, -0.15) is 0 Å². The Morgan fingerprint density at radius 1 is 1.07 bits per heavy atom. The van der Waals surface area contributed by atoms with Crippen LogP contribution in [0.2, 0.25) is 0 Å². The van der Waals surface area contributed by atoms with Crippen LogP contribution < -0.4 is 10.6 Å². The zero-order chi connectivity index (χ0) is 20.3. The van der Waals surface area contributed by atoms with Crippen molar-refractivity contribution in [3.63, 3.8) is 0 Å². The first-order chi connectivity index (χ1) is 14.0. The maximum absolute atomic E-state index is 12.7. The summed E-state index contributed by atoms with van der Waals surface area (Å²) in [4.78, 5) is 34.2. The fraction of sp³-hybridized carbons (Fsp3) is 0.400. The lowest BCUT2D eigenvalue weighted by molar-refractivity contribution is -0.181. The number of rotatable bonds is 4. The van der Waals surface area contributed by atoms with Crippen LogP contribution in [-0.4, -0.2) is 58.8 Å². The molecule has 1 spiro atoms. The van der Waals surface area contributed by atoms with Gasteiger partial charge in [-0.15, -0.1) is 0 Å². The van der Waals surface area contributed by atoms with Gasteiger partial charge in [-0.05, 0) is 18.2 Å². The normalized spacial score (nSPS) is 17.9. The molecule has 1 aromatic carbocycles. The standard InChI is InChI=1S/C20H23N5O4/c1-14(26)23-16-3-2-4-17(11-16)24-19-21-12-15(13-22-19)18(27)25-7-5-20(6-8-25)28-9-10-29-20/h2-4,11-13H,5-10H2,1H3,(H,23,26)(H,21,22,24). The molecule has 0 saturated carbocycles. The first-order valence-corrected chi connectivity index (χ1v) is 9.57. The topological polar surface area (TPSA) is 106 Å². The Hall–Kier alpha value is -3.04. The number of carbonyl (C=O) groups is 2. The second kappa shape index (κ2) is 8.14. The minimum absolute atomic E-state index is 0.1000. The van der Waals surface area contributed by atoms with Crippen LogP contribution in [0.3, 0.4) is 0 Å². The number of benzene rings is 1. The molecule has 1 aromatic heterocycles. The molecule has 2 amide bonds. The third-order valence-electron chi connectivity index (χ3n) is 4.96. The molecule has 9 heteroatoms. The van der Waals surface area contributed by atoms with Crippen LogP contribution in [0.4, 0.5) is 17.3 Å². The Bertz CT molecular complexity index is 886. The van der Waals surface area contributed by atoms with Crippen molar-refractivity contribution in [2.75, 3.05) is 36.9 Å². The summed E-state index contributed by atoms with van der Waals surface area (Å²) in [6, 6.07) is 7.22. The molecule has 2 N–H and O–H groups in total. The lowest BCUT2D eigenvalue weighted by atomic mass is 10.0. The van der Waals surface area contributed by atoms with Gasteiger partial charge in [0.25, 0.3) is 5.91 Å². The first kappa shape index (κ1) is 19.3. The molecule has 152 valence electrons. The Morgan fingerprint density at radius 2 is 1.72 bits per heavy atom. The summed E-state index contributed by atoms with van der Waals surface area (Å²) in [7, 11) is 0. The molecule has 0 atom stereocenters. The predicted octanol–water partition coefficient (Wildman–Crippen LogP) is 2.16. The van der Waals surface area contributed by atoms with Gasteiger partial charge in [0.05, 0.1) is 18.8 Å². The van der Waals surface area contributed by atoms with Crippen molar-refractivity contribution in [3.05, 3.63) is 42.2 Å². The number of aromatic nitrogens is 2. The minimum atomic E-state index is -0.507. The summed E-state index contributed by atoms with van der Waals surface area (Å²) in [5.74, 6) is -0.382. The molecule has 2 fully saturated rings. The van der Waals surface area contributed by atoms with E-state index in [0.29, 0.717) is 56.3 Å². The summed E-state index contributed by atoms with van der Waals surface area (Å²) >= 11 is 0. The van der Waals surface area contributed by atoms with Gasteiger partial charge in [-0.25, -0.2) is 9.97 Å². The molecule has 2 aromatic rings. The van der Waals surface area contributed by atoms with Gasteiger partial charge in [0.15, 0.2) is 5.79 Å². The molecule has 3 heterocycles. The SMILES string of the molecule is CC(=O)Nc1cccc(Nc2ncc(C(=O)N3CCC4(CC3)OCCO4)cn2)c1. The Morgan fingerprint density at radius 3 is 2.38 bits per heavy atom. The van der Waals surface area contributed by atoms with E-state index < -0.39 is 5.79 Å². The van der Waals surface area contributed by atoms with Crippen LogP contribution >= 0.6 is 0 Å². The largest absolute Gasteiger partial charge is 0.347 e. The van der Waals surface area contributed by atoms with Crippen molar-refractivity contribution >= 4 is 29.1 Å². The third kappa shape index (κ3) is 4.52. The van der Waals surface area contributed by atoms with Gasteiger partial charge >= 0.3 is 0 Å². The summed E-state index contributed by atoms with van der Waals surface area (Å²) < 4.78 is 11.4. The van der Waals surface area contributed by atoms with Gasteiger partial charge in [0.1, 0.15) is 0 Å². The number of piperidine rings is 1. The van der Waals surface area contributed by atoms with E-state index in [1.807, 2.05) is 12.1 Å². The van der Waals surface area contributed by atoms with Crippen LogP contribution in [0.1, 0.15) is 30.1 Å². The van der Waals surface area contributed by atoms with Crippen LogP contribution in [0.15, 0.2) is 36.7 Å². The molecular weight excluding hydrogens is 374 g/mol. The number of carbonyl (C=O) groups excluding carboxylic acids is 2. The lowest BCUT2D eigenvalue weighted by Gasteiger charge is -2.37. The van der Waals surface area contributed by atoms with Crippen molar-refractivity contribution in [1.82, 2.24) is 14.9 Å². The van der Waals surface area contributed by atoms with Crippen LogP contribution in [0.5, 0.6) is 0 Å². The predicted molar refractivity (Wildman–Crippen MR) is 106 cm³/mol. The summed E-state index contributed by atoms with van der Waals surface area (Å²) in [5, 5.41) is 5.79. The Labute approximate surface area is 168 Å². The minimum Gasteiger partial charge on any atom is -0.347 e. The van der Waals surface area contributed by atoms with Gasteiger partial charge in [-0.3, -0.25) is 9.59 Å². The number of amides is 2. The number of hydrogen-bond acceptors (Lipinski definition) is 7. The van der Waals surface area contributed by atoms with Gasteiger partial charge in [0, 0.05) is 56.6 Å². The van der Waals surface area contributed by atoms with Crippen LogP contribution in [0, 0.1) is 0 Å². The lowest BCUT2D eigenvalue weighted by Crippen LogP contribution is -2.47. The number of ether oxygens (including phenoxy) is 2. The molecule has 0 aliphatic carbocycles. The van der Waals surface area contributed by atoms with Crippen molar-refractivity contribution in [2.24, 2.45) is 0 Å². The first-order valence-electron chi connectivity index (χ1n) is 9.57. The maximum atomic E-state index is 12.7. The fourth-order valence-corrected chi connectivity index (χ4v) is 3.53. The number of anilines is 3. The molecule has 0 bridgehead atoms. The zero-order valence-corrected chi connectivity index (χ0v) is 16.2. The number of hydrogen-bond donors (Lipinski definition) is 2. The summed E-state index contributed by atoms with van der Waals surface area (Å²) in [6.07, 6.45) is 4.37. The molecule has 2 aliphatic rings. The van der Waals surface area contributed by atoms with E-state index in [1.54, 1.807) is 17.0 Å². The second-order valence-corrected chi connectivity index (χ2v) is 7.08. The number of nitrogens with zero attached hydrogens (tertiary/aromatic N) is 3. The molecule has 0 unspecified atom stereocenters. The second-order valence-electron chi connectivity index (χ2n) is 7.08. The highest BCUT2D eigenvalue weighted by atomic mass is 16.7. The van der Waals surface area contributed by atoms with Gasteiger partial charge < -0.3 is 25.0 Å². The molecule has 0 radical (unpaired) electrons. The van der Waals surface area contributed by atoms with E-state index in [4.69, 9.17) is 9.47 Å². The fourth-order valence-electron chi connectivity index (χ4n) is 3.53. The maximum Gasteiger partial charge on any atom is 0.256 e. The highest BCUT2D eigenvalue weighted by molar-refractivity contribution is 5.93. The smallest absolute Gasteiger partial charge is 0.256 e. The highest BCUT2D eigenvalue weighted by Crippen LogP contribution is 2.31. The Balaban J connectivity index is 1.36. The van der Waals surface area contributed by atoms with Crippen molar-refractivity contribution in [1.29, 1.82) is 0 Å². The van der Waals surface area contributed by atoms with E-state index in [0.717, 1.165) is 5.69 Å². The van der Waals surface area contributed by atoms with Crippen molar-refractivity contribution in [2.45, 2.75) is 25.6 Å². The molecule has 29 heavy (non-hydrogen) atoms. The van der Waals surface area contributed by atoms with E-state index in [1.165, 1.54) is 19.3 Å². The van der Waals surface area contributed by atoms with E-state index >= 15 is 0 Å². The average molecular weight is 397 g/mol. The molecular formula is C20H23N5O4. The van der Waals surface area contributed by atoms with E-state index in [2.05, 4.69) is 20.6 Å². The van der Waals surface area contributed by atoms with Crippen molar-refractivity contribution in [3.8, 4) is 0 Å². The summed E-state index contributed by atoms with van der Waals surface area (Å²) in [6.45, 7) is 3.84. The average Bonchev–Trinajstić information content (AvgIpc) is 3.16. The third-order valence-corrected chi connectivity index (χ3v) is 4.96.